The number of fused-ring (bicyclic) bond motifs is 5. The first-order valence-corrected chi connectivity index (χ1v) is 13.7. The number of halogens is 4. The van der Waals surface area contributed by atoms with Crippen molar-refractivity contribution >= 4 is 22.6 Å². The normalized spacial score (nSPS) is 18.2. The Morgan fingerprint density at radius 1 is 1.02 bits per heavy atom. The number of hydrogen-bond donors (Lipinski definition) is 2. The summed E-state index contributed by atoms with van der Waals surface area (Å²) in [4.78, 5) is 40.4. The first-order valence-electron chi connectivity index (χ1n) is 13.7. The van der Waals surface area contributed by atoms with Gasteiger partial charge in [-0.15, -0.1) is 0 Å². The Balaban J connectivity index is 0.000000277. The molecule has 0 spiro atoms. The minimum atomic E-state index is -4.78. The molecule has 3 heterocycles. The number of benzene rings is 1. The molecule has 0 bridgehead atoms. The molecule has 3 aromatic rings. The van der Waals surface area contributed by atoms with Gasteiger partial charge in [0.25, 0.3) is 5.56 Å². The zero-order chi connectivity index (χ0) is 30.6. The number of primary amides is 1. The lowest BCUT2D eigenvalue weighted by Gasteiger charge is -2.23. The first-order chi connectivity index (χ1) is 19.1. The van der Waals surface area contributed by atoms with Crippen molar-refractivity contribution in [1.29, 1.82) is 0 Å². The third-order valence-electron chi connectivity index (χ3n) is 8.34. The van der Waals surface area contributed by atoms with Crippen LogP contribution < -0.4 is 17.0 Å². The molecule has 2 unspecified atom stereocenters. The number of alkyl halides is 3. The van der Waals surface area contributed by atoms with Crippen LogP contribution in [0.25, 0.3) is 22.3 Å². The molecule has 6 rings (SSSR count). The number of nitrogens with zero attached hydrogens (tertiary/aromatic N) is 2. The van der Waals surface area contributed by atoms with Crippen molar-refractivity contribution in [1.82, 2.24) is 9.55 Å². The molecule has 0 radical (unpaired) electrons. The van der Waals surface area contributed by atoms with Gasteiger partial charge in [0.05, 0.1) is 23.4 Å². The van der Waals surface area contributed by atoms with Crippen LogP contribution in [0.3, 0.4) is 0 Å². The maximum absolute atomic E-state index is 14.6. The average molecular weight is 575 g/mol. The van der Waals surface area contributed by atoms with Crippen LogP contribution in [0.1, 0.15) is 79.8 Å². The number of pyridine rings is 2. The number of carbonyl (C=O) groups excluding carboxylic acids is 2. The maximum atomic E-state index is 14.6. The van der Waals surface area contributed by atoms with E-state index >= 15 is 0 Å². The number of rotatable bonds is 1. The molecule has 1 aromatic carbocycles. The SMILES string of the molecule is CC.CC(N)(C(N)=O)C(F)(F)F.Cc1c(F)cc2nc3c(c4c2c1CCC4)Cn1c-3cc2c(c1=O)CCC(=O)C2C. The predicted octanol–water partition coefficient (Wildman–Crippen LogP) is 4.76. The van der Waals surface area contributed by atoms with E-state index in [0.29, 0.717) is 31.8 Å². The van der Waals surface area contributed by atoms with Gasteiger partial charge in [-0.1, -0.05) is 20.8 Å². The molecule has 1 aliphatic heterocycles. The predicted molar refractivity (Wildman–Crippen MR) is 148 cm³/mol. The van der Waals surface area contributed by atoms with Crippen molar-refractivity contribution in [3.05, 3.63) is 61.7 Å². The summed E-state index contributed by atoms with van der Waals surface area (Å²) < 4.78 is 51.3. The van der Waals surface area contributed by atoms with Crippen LogP contribution in [0.4, 0.5) is 17.6 Å². The van der Waals surface area contributed by atoms with E-state index in [1.165, 1.54) is 11.6 Å². The highest BCUT2D eigenvalue weighted by atomic mass is 19.4. The van der Waals surface area contributed by atoms with Crippen molar-refractivity contribution < 1.29 is 27.2 Å². The summed E-state index contributed by atoms with van der Waals surface area (Å²) in [5, 5.41) is 1.09. The Bertz CT molecular complexity index is 1640. The van der Waals surface area contributed by atoms with Gasteiger partial charge in [-0.2, -0.15) is 13.2 Å². The van der Waals surface area contributed by atoms with Crippen molar-refractivity contribution in [3.8, 4) is 11.4 Å². The molecular formula is C30H34F4N4O3. The van der Waals surface area contributed by atoms with Crippen molar-refractivity contribution in [2.24, 2.45) is 11.5 Å². The van der Waals surface area contributed by atoms with Crippen LogP contribution in [-0.4, -0.2) is 33.0 Å². The molecule has 2 aromatic heterocycles. The van der Waals surface area contributed by atoms with Crippen LogP contribution in [0.2, 0.25) is 0 Å². The highest BCUT2D eigenvalue weighted by molar-refractivity contribution is 5.93. The van der Waals surface area contributed by atoms with Gasteiger partial charge in [0, 0.05) is 34.9 Å². The number of nitrogens with two attached hydrogens (primary N) is 2. The molecule has 4 N–H and O–H groups in total. The Labute approximate surface area is 234 Å². The first kappa shape index (κ1) is 30.4. The summed E-state index contributed by atoms with van der Waals surface area (Å²) in [5.74, 6) is -1.87. The summed E-state index contributed by atoms with van der Waals surface area (Å²) in [7, 11) is 0. The Kier molecular flexibility index (Phi) is 7.90. The van der Waals surface area contributed by atoms with E-state index in [1.807, 2.05) is 38.3 Å². The van der Waals surface area contributed by atoms with E-state index < -0.39 is 17.6 Å². The highest BCUT2D eigenvalue weighted by Gasteiger charge is 2.52. The topological polar surface area (TPSA) is 121 Å². The minimum Gasteiger partial charge on any atom is -0.368 e. The molecule has 0 fully saturated rings. The second kappa shape index (κ2) is 10.7. The van der Waals surface area contributed by atoms with E-state index in [0.717, 1.165) is 63.9 Å². The maximum Gasteiger partial charge on any atom is 0.415 e. The van der Waals surface area contributed by atoms with Gasteiger partial charge in [-0.25, -0.2) is 9.37 Å². The second-order valence-electron chi connectivity index (χ2n) is 10.7. The highest BCUT2D eigenvalue weighted by Crippen LogP contribution is 2.42. The van der Waals surface area contributed by atoms with Crippen LogP contribution in [0.5, 0.6) is 0 Å². The quantitative estimate of drug-likeness (QED) is 0.318. The fourth-order valence-corrected chi connectivity index (χ4v) is 5.74. The minimum absolute atomic E-state index is 0.00417. The van der Waals surface area contributed by atoms with Gasteiger partial charge in [-0.05, 0) is 67.9 Å². The Morgan fingerprint density at radius 3 is 2.24 bits per heavy atom. The van der Waals surface area contributed by atoms with E-state index in [-0.39, 0.29) is 23.1 Å². The number of ketones is 1. The van der Waals surface area contributed by atoms with Crippen molar-refractivity contribution in [2.45, 2.75) is 90.9 Å². The van der Waals surface area contributed by atoms with Crippen LogP contribution in [0.15, 0.2) is 16.9 Å². The lowest BCUT2D eigenvalue weighted by atomic mass is 9.83. The largest absolute Gasteiger partial charge is 0.415 e. The number of aryl methyl sites for hydroxylation is 2. The van der Waals surface area contributed by atoms with E-state index in [2.05, 4.69) is 11.5 Å². The molecule has 2 atom stereocenters. The van der Waals surface area contributed by atoms with Crippen molar-refractivity contribution in [2.75, 3.05) is 0 Å². The smallest absolute Gasteiger partial charge is 0.368 e. The molecule has 0 saturated heterocycles. The number of hydrogen-bond acceptors (Lipinski definition) is 5. The number of Topliss-reactive ketones (excluding diaryl/α,β-unsaturated/α-hetero) is 1. The Morgan fingerprint density at radius 2 is 1.66 bits per heavy atom. The molecular weight excluding hydrogens is 540 g/mol. The molecule has 41 heavy (non-hydrogen) atoms. The summed E-state index contributed by atoms with van der Waals surface area (Å²) >= 11 is 0. The fraction of sp³-hybridized carbons (Fsp3) is 0.467. The van der Waals surface area contributed by atoms with Crippen LogP contribution in [0, 0.1) is 12.7 Å². The van der Waals surface area contributed by atoms with Crippen LogP contribution in [-0.2, 0) is 35.4 Å². The second-order valence-corrected chi connectivity index (χ2v) is 10.7. The zero-order valence-corrected chi connectivity index (χ0v) is 23.8. The van der Waals surface area contributed by atoms with E-state index in [9.17, 15) is 31.9 Å². The molecule has 1 amide bonds. The number of amides is 1. The lowest BCUT2D eigenvalue weighted by Crippen LogP contribution is -2.59. The number of aromatic nitrogens is 2. The molecule has 3 aliphatic rings. The summed E-state index contributed by atoms with van der Waals surface area (Å²) in [6.45, 7) is 8.77. The molecule has 11 heteroatoms. The third kappa shape index (κ3) is 4.83. The summed E-state index contributed by atoms with van der Waals surface area (Å²) in [6, 6.07) is 3.53. The van der Waals surface area contributed by atoms with Gasteiger partial charge < -0.3 is 16.0 Å². The molecule has 2 aliphatic carbocycles. The number of carbonyl (C=O) groups is 2. The lowest BCUT2D eigenvalue weighted by molar-refractivity contribution is -0.185. The fourth-order valence-electron chi connectivity index (χ4n) is 5.74. The Hall–Kier alpha value is -3.60. The van der Waals surface area contributed by atoms with Gasteiger partial charge in [0.1, 0.15) is 11.6 Å². The van der Waals surface area contributed by atoms with Gasteiger partial charge >= 0.3 is 6.18 Å². The summed E-state index contributed by atoms with van der Waals surface area (Å²) in [5.41, 5.74) is 14.0. The van der Waals surface area contributed by atoms with Crippen LogP contribution >= 0.6 is 0 Å². The van der Waals surface area contributed by atoms with E-state index in [4.69, 9.17) is 4.98 Å². The molecule has 7 nitrogen and oxygen atoms in total. The third-order valence-corrected chi connectivity index (χ3v) is 8.34. The van der Waals surface area contributed by atoms with Gasteiger partial charge in [0.2, 0.25) is 5.91 Å². The van der Waals surface area contributed by atoms with Gasteiger partial charge in [-0.3, -0.25) is 14.4 Å². The average Bonchev–Trinajstić information content (AvgIpc) is 3.29. The van der Waals surface area contributed by atoms with Crippen molar-refractivity contribution in [3.63, 3.8) is 0 Å². The van der Waals surface area contributed by atoms with Gasteiger partial charge in [0.15, 0.2) is 5.54 Å². The van der Waals surface area contributed by atoms with E-state index in [1.54, 1.807) is 0 Å². The zero-order valence-electron chi connectivity index (χ0n) is 23.8. The molecule has 220 valence electrons. The monoisotopic (exact) mass is 574 g/mol. The standard InChI is InChI=1S/C24H21FN2O2.C4H7F3N2O.C2H6/c1-11-13-4-3-5-14-17-10-27-20(23(17)26-19(22(13)14)9-18(11)25)8-16-12(2)21(28)7-6-15(16)24(27)29;1-3(9,2(8)10)4(5,6)7;1-2/h8-9,12H,3-7,10H2,1-2H3;9H2,1H3,(H2,8,10);1-2H3. The molecule has 0 saturated carbocycles. The summed E-state index contributed by atoms with van der Waals surface area (Å²) in [6.07, 6.45) is -1.05.